The number of aromatic hydroxyl groups is 1. The summed E-state index contributed by atoms with van der Waals surface area (Å²) in [5.41, 5.74) is 0.479. The fraction of sp³-hybridized carbons (Fsp3) is 0.0714. The first-order valence-electron chi connectivity index (χ1n) is 6.09. The normalized spacial score (nSPS) is 10.7. The van der Waals surface area contributed by atoms with Crippen LogP contribution in [0.25, 0.3) is 11.0 Å². The van der Waals surface area contributed by atoms with E-state index in [9.17, 15) is 9.90 Å². The van der Waals surface area contributed by atoms with E-state index < -0.39 is 5.56 Å². The second kappa shape index (κ2) is 5.41. The Balaban J connectivity index is 2.06. The molecule has 7 heteroatoms. The van der Waals surface area contributed by atoms with Crippen LogP contribution in [0.4, 0.5) is 0 Å². The molecule has 0 radical (unpaired) electrons. The molecule has 0 bridgehead atoms. The van der Waals surface area contributed by atoms with Crippen LogP contribution in [0.5, 0.6) is 5.75 Å². The van der Waals surface area contributed by atoms with Crippen LogP contribution < -0.4 is 10.4 Å². The maximum Gasteiger partial charge on any atom is 0.288 e. The van der Waals surface area contributed by atoms with Crippen molar-refractivity contribution in [1.29, 1.82) is 0 Å². The molecule has 0 fully saturated rings. The lowest BCUT2D eigenvalue weighted by Crippen LogP contribution is -2.27. The van der Waals surface area contributed by atoms with Crippen molar-refractivity contribution in [1.82, 2.24) is 14.7 Å². The number of hydrogen-bond acceptors (Lipinski definition) is 5. The van der Waals surface area contributed by atoms with Gasteiger partial charge in [0.2, 0.25) is 0 Å². The average molecular weight is 304 g/mol. The zero-order chi connectivity index (χ0) is 14.8. The highest BCUT2D eigenvalue weighted by atomic mass is 35.5. The third-order valence-electron chi connectivity index (χ3n) is 2.89. The van der Waals surface area contributed by atoms with Crippen LogP contribution in [-0.4, -0.2) is 19.8 Å². The minimum Gasteiger partial charge on any atom is -0.507 e. The third-order valence-corrected chi connectivity index (χ3v) is 3.18. The predicted octanol–water partition coefficient (Wildman–Crippen LogP) is 1.78. The van der Waals surface area contributed by atoms with Gasteiger partial charge >= 0.3 is 0 Å². The Morgan fingerprint density at radius 2 is 2.00 bits per heavy atom. The minimum atomic E-state index is -0.536. The van der Waals surface area contributed by atoms with E-state index in [4.69, 9.17) is 16.4 Å². The van der Waals surface area contributed by atoms with Crippen molar-refractivity contribution in [3.8, 4) is 5.75 Å². The van der Waals surface area contributed by atoms with Gasteiger partial charge in [0.15, 0.2) is 5.65 Å². The fourth-order valence-corrected chi connectivity index (χ4v) is 2.14. The van der Waals surface area contributed by atoms with Crippen LogP contribution in [0.1, 0.15) is 5.56 Å². The molecule has 0 amide bonds. The largest absolute Gasteiger partial charge is 0.507 e. The summed E-state index contributed by atoms with van der Waals surface area (Å²) >= 11 is 5.92. The first-order chi connectivity index (χ1) is 10.2. The van der Waals surface area contributed by atoms with Gasteiger partial charge in [-0.3, -0.25) is 4.79 Å². The lowest BCUT2D eigenvalue weighted by Gasteiger charge is -2.11. The first-order valence-corrected chi connectivity index (χ1v) is 6.47. The molecule has 21 heavy (non-hydrogen) atoms. The zero-order valence-electron chi connectivity index (χ0n) is 10.7. The topological polar surface area (TPSA) is 77.2 Å². The van der Waals surface area contributed by atoms with Crippen molar-refractivity contribution in [3.63, 3.8) is 0 Å². The number of hydrogen-bond donors (Lipinski definition) is 1. The molecule has 0 saturated carbocycles. The van der Waals surface area contributed by atoms with E-state index in [2.05, 4.69) is 9.97 Å². The van der Waals surface area contributed by atoms with Crippen LogP contribution in [0.15, 0.2) is 47.5 Å². The van der Waals surface area contributed by atoms with Crippen molar-refractivity contribution in [2.24, 2.45) is 0 Å². The summed E-state index contributed by atoms with van der Waals surface area (Å²) in [6.45, 7) is 0.183. The summed E-state index contributed by atoms with van der Waals surface area (Å²) < 4.78 is 0.996. The second-order valence-electron chi connectivity index (χ2n) is 4.28. The highest BCUT2D eigenvalue weighted by molar-refractivity contribution is 6.34. The van der Waals surface area contributed by atoms with Crippen molar-refractivity contribution in [2.45, 2.75) is 6.61 Å². The maximum absolute atomic E-state index is 12.0. The number of fused-ring (bicyclic) bond motifs is 1. The Labute approximate surface area is 124 Å². The molecule has 0 aliphatic rings. The molecule has 6 nitrogen and oxygen atoms in total. The summed E-state index contributed by atoms with van der Waals surface area (Å²) in [5.74, 6) is -0.278. The van der Waals surface area contributed by atoms with Gasteiger partial charge < -0.3 is 9.94 Å². The SMILES string of the molecule is O=c1cc(O)c2c(Cl)ncnc2n1OCc1ccccc1. The highest BCUT2D eigenvalue weighted by Crippen LogP contribution is 2.26. The summed E-state index contributed by atoms with van der Waals surface area (Å²) in [7, 11) is 0. The molecule has 3 rings (SSSR count). The van der Waals surface area contributed by atoms with E-state index in [1.54, 1.807) is 0 Å². The van der Waals surface area contributed by atoms with Crippen LogP contribution in [0, 0.1) is 0 Å². The van der Waals surface area contributed by atoms with E-state index in [1.807, 2.05) is 30.3 Å². The molecule has 2 heterocycles. The molecule has 0 spiro atoms. The first kappa shape index (κ1) is 13.4. The van der Waals surface area contributed by atoms with Gasteiger partial charge in [-0.1, -0.05) is 41.9 Å². The zero-order valence-corrected chi connectivity index (χ0v) is 11.5. The molecular weight excluding hydrogens is 294 g/mol. The molecule has 0 atom stereocenters. The average Bonchev–Trinajstić information content (AvgIpc) is 2.47. The van der Waals surface area contributed by atoms with Gasteiger partial charge in [-0.05, 0) is 5.56 Å². The molecule has 106 valence electrons. The molecular formula is C14H10ClN3O3. The Kier molecular flexibility index (Phi) is 3.45. The molecule has 0 aliphatic heterocycles. The molecule has 0 aliphatic carbocycles. The van der Waals surface area contributed by atoms with Crippen LogP contribution in [-0.2, 0) is 6.61 Å². The van der Waals surface area contributed by atoms with Gasteiger partial charge in [-0.25, -0.2) is 9.97 Å². The molecule has 1 N–H and O–H groups in total. The van der Waals surface area contributed by atoms with Gasteiger partial charge in [-0.2, -0.15) is 0 Å². The standard InChI is InChI=1S/C14H10ClN3O3/c15-13-12-10(19)6-11(20)18(14(12)17-8-16-13)21-7-9-4-2-1-3-5-9/h1-6,8,19H,7H2. The minimum absolute atomic E-state index is 0.0505. The Hall–Kier alpha value is -2.60. The number of nitrogens with zero attached hydrogens (tertiary/aromatic N) is 3. The number of pyridine rings is 1. The van der Waals surface area contributed by atoms with E-state index in [-0.39, 0.29) is 28.5 Å². The van der Waals surface area contributed by atoms with Gasteiger partial charge in [0.05, 0.1) is 0 Å². The van der Waals surface area contributed by atoms with E-state index in [0.29, 0.717) is 0 Å². The smallest absolute Gasteiger partial charge is 0.288 e. The van der Waals surface area contributed by atoms with Gasteiger partial charge in [0.1, 0.15) is 29.2 Å². The molecule has 2 aromatic heterocycles. The third kappa shape index (κ3) is 2.53. The highest BCUT2D eigenvalue weighted by Gasteiger charge is 2.14. The summed E-state index contributed by atoms with van der Waals surface area (Å²) in [6.07, 6.45) is 1.20. The monoisotopic (exact) mass is 303 g/mol. The molecule has 3 aromatic rings. The Bertz CT molecular complexity index is 849. The lowest BCUT2D eigenvalue weighted by molar-refractivity contribution is 0.0976. The summed E-state index contributed by atoms with van der Waals surface area (Å²) in [6, 6.07) is 10.4. The Morgan fingerprint density at radius 3 is 2.76 bits per heavy atom. The van der Waals surface area contributed by atoms with Crippen molar-refractivity contribution in [2.75, 3.05) is 0 Å². The lowest BCUT2D eigenvalue weighted by atomic mass is 10.2. The number of halogens is 1. The quantitative estimate of drug-likeness (QED) is 0.746. The molecule has 1 aromatic carbocycles. The van der Waals surface area contributed by atoms with Gasteiger partial charge in [0.25, 0.3) is 5.56 Å². The summed E-state index contributed by atoms with van der Waals surface area (Å²) in [5, 5.41) is 10.0. The Morgan fingerprint density at radius 1 is 1.24 bits per heavy atom. The molecule has 0 unspecified atom stereocenters. The van der Waals surface area contributed by atoms with Crippen LogP contribution in [0.3, 0.4) is 0 Å². The summed E-state index contributed by atoms with van der Waals surface area (Å²) in [4.78, 5) is 25.2. The van der Waals surface area contributed by atoms with E-state index >= 15 is 0 Å². The van der Waals surface area contributed by atoms with Crippen LogP contribution >= 0.6 is 11.6 Å². The predicted molar refractivity (Wildman–Crippen MR) is 77.2 cm³/mol. The van der Waals surface area contributed by atoms with Crippen molar-refractivity contribution in [3.05, 3.63) is 63.8 Å². The number of rotatable bonds is 3. The van der Waals surface area contributed by atoms with Crippen LogP contribution in [0.2, 0.25) is 5.15 Å². The molecule has 0 saturated heterocycles. The maximum atomic E-state index is 12.0. The van der Waals surface area contributed by atoms with Crippen molar-refractivity contribution < 1.29 is 9.94 Å². The van der Waals surface area contributed by atoms with E-state index in [0.717, 1.165) is 16.4 Å². The fourth-order valence-electron chi connectivity index (χ4n) is 1.92. The second-order valence-corrected chi connectivity index (χ2v) is 4.64. The van der Waals surface area contributed by atoms with Gasteiger partial charge in [-0.15, -0.1) is 4.73 Å². The number of benzene rings is 1. The van der Waals surface area contributed by atoms with Gasteiger partial charge in [0, 0.05) is 6.07 Å². The number of aromatic nitrogens is 3. The van der Waals surface area contributed by atoms with Crippen molar-refractivity contribution >= 4 is 22.6 Å². The van der Waals surface area contributed by atoms with E-state index in [1.165, 1.54) is 6.33 Å².